The molecule has 0 saturated carbocycles. The number of thiocarbonyl (C=S) groups is 1. The number of rotatable bonds is 6. The molecule has 2 saturated heterocycles. The summed E-state index contributed by atoms with van der Waals surface area (Å²) in [5.41, 5.74) is 2.39. The lowest BCUT2D eigenvalue weighted by molar-refractivity contribution is -0.122. The zero-order valence-corrected chi connectivity index (χ0v) is 20.5. The molecule has 0 spiro atoms. The molecule has 0 atom stereocenters. The highest BCUT2D eigenvalue weighted by molar-refractivity contribution is 8.26. The molecule has 0 unspecified atom stereocenters. The summed E-state index contributed by atoms with van der Waals surface area (Å²) in [6.45, 7) is 6.37. The van der Waals surface area contributed by atoms with Crippen LogP contribution in [0.15, 0.2) is 40.0 Å². The first-order chi connectivity index (χ1) is 16.0. The zero-order valence-electron chi connectivity index (χ0n) is 18.8. The van der Waals surface area contributed by atoms with Gasteiger partial charge in [0.1, 0.15) is 21.8 Å². The first-order valence-electron chi connectivity index (χ1n) is 11.2. The van der Waals surface area contributed by atoms with Gasteiger partial charge in [0.15, 0.2) is 0 Å². The van der Waals surface area contributed by atoms with E-state index in [1.807, 2.05) is 43.3 Å². The van der Waals surface area contributed by atoms with Crippen LogP contribution in [0.1, 0.15) is 42.0 Å². The molecule has 2 aliphatic heterocycles. The van der Waals surface area contributed by atoms with Crippen LogP contribution in [-0.2, 0) is 17.8 Å². The van der Waals surface area contributed by atoms with E-state index in [0.717, 1.165) is 49.3 Å². The number of pyridine rings is 1. The molecule has 1 amide bonds. The smallest absolute Gasteiger partial charge is 0.270 e. The molecule has 4 rings (SSSR count). The zero-order chi connectivity index (χ0) is 23.5. The van der Waals surface area contributed by atoms with Crippen molar-refractivity contribution in [1.82, 2.24) is 9.47 Å². The molecule has 0 radical (unpaired) electrons. The highest BCUT2D eigenvalue weighted by Crippen LogP contribution is 2.36. The van der Waals surface area contributed by atoms with Crippen molar-refractivity contribution in [3.8, 4) is 6.07 Å². The number of aromatic nitrogens is 1. The van der Waals surface area contributed by atoms with Gasteiger partial charge in [0, 0.05) is 31.7 Å². The first-order valence-corrected chi connectivity index (χ1v) is 12.4. The lowest BCUT2D eigenvalue weighted by Gasteiger charge is -2.26. The Hall–Kier alpha value is -2.89. The minimum atomic E-state index is -0.271. The Balaban J connectivity index is 1.73. The molecule has 0 N–H and O–H groups in total. The Bertz CT molecular complexity index is 1220. The Kier molecular flexibility index (Phi) is 7.01. The van der Waals surface area contributed by atoms with Crippen molar-refractivity contribution in [1.29, 1.82) is 5.26 Å². The van der Waals surface area contributed by atoms with E-state index < -0.39 is 0 Å². The minimum Gasteiger partial charge on any atom is -0.357 e. The van der Waals surface area contributed by atoms with Gasteiger partial charge in [-0.15, -0.1) is 0 Å². The SMILES string of the molecule is CCn1c(N2CCCC2)c(/C=C2\SC(=S)N(CCc3ccccc3)C2=O)c(C)c(C#N)c1=O. The molecule has 6 nitrogen and oxygen atoms in total. The maximum Gasteiger partial charge on any atom is 0.270 e. The van der Waals surface area contributed by atoms with Gasteiger partial charge in [-0.25, -0.2) is 0 Å². The lowest BCUT2D eigenvalue weighted by Crippen LogP contribution is -2.33. The summed E-state index contributed by atoms with van der Waals surface area (Å²) in [7, 11) is 0. The number of carbonyl (C=O) groups excluding carboxylic acids is 1. The highest BCUT2D eigenvalue weighted by Gasteiger charge is 2.33. The molecule has 1 aromatic heterocycles. The van der Waals surface area contributed by atoms with Crippen LogP contribution in [0.5, 0.6) is 0 Å². The second kappa shape index (κ2) is 9.94. The molecular formula is C25H26N4O2S2. The molecule has 3 heterocycles. The fourth-order valence-corrected chi connectivity index (χ4v) is 5.71. The average Bonchev–Trinajstić information content (AvgIpc) is 3.43. The standard InChI is InChI=1S/C25H26N4O2S2/c1-3-28-22(27-12-7-8-13-27)19(17(2)20(16-26)23(28)30)15-21-24(31)29(25(32)33-21)14-11-18-9-5-4-6-10-18/h4-6,9-10,15H,3,7-8,11-14H2,1-2H3/b21-15-. The fraction of sp³-hybridized carbons (Fsp3) is 0.360. The van der Waals surface area contributed by atoms with Crippen LogP contribution in [0.2, 0.25) is 0 Å². The van der Waals surface area contributed by atoms with E-state index in [0.29, 0.717) is 27.9 Å². The Morgan fingerprint density at radius 3 is 2.52 bits per heavy atom. The maximum absolute atomic E-state index is 13.3. The van der Waals surface area contributed by atoms with Crippen LogP contribution < -0.4 is 10.5 Å². The van der Waals surface area contributed by atoms with Crippen molar-refractivity contribution in [2.45, 2.75) is 39.7 Å². The van der Waals surface area contributed by atoms with Crippen molar-refractivity contribution in [2.75, 3.05) is 24.5 Å². The quantitative estimate of drug-likeness (QED) is 0.460. The number of benzene rings is 1. The van der Waals surface area contributed by atoms with Crippen LogP contribution in [-0.4, -0.2) is 39.3 Å². The predicted molar refractivity (Wildman–Crippen MR) is 137 cm³/mol. The summed E-state index contributed by atoms with van der Waals surface area (Å²) in [4.78, 5) is 30.6. The third-order valence-electron chi connectivity index (χ3n) is 6.18. The molecule has 170 valence electrons. The fourth-order valence-electron chi connectivity index (χ4n) is 4.42. The van der Waals surface area contributed by atoms with Gasteiger partial charge >= 0.3 is 0 Å². The normalized spacial score (nSPS) is 17.3. The number of nitriles is 1. The summed E-state index contributed by atoms with van der Waals surface area (Å²) < 4.78 is 2.20. The van der Waals surface area contributed by atoms with Gasteiger partial charge in [-0.1, -0.05) is 54.3 Å². The van der Waals surface area contributed by atoms with Gasteiger partial charge in [-0.2, -0.15) is 5.26 Å². The van der Waals surface area contributed by atoms with Crippen molar-refractivity contribution in [2.24, 2.45) is 0 Å². The minimum absolute atomic E-state index is 0.125. The molecule has 2 aliphatic rings. The molecule has 33 heavy (non-hydrogen) atoms. The second-order valence-corrected chi connectivity index (χ2v) is 9.84. The van der Waals surface area contributed by atoms with Gasteiger partial charge in [-0.3, -0.25) is 19.1 Å². The molecule has 8 heteroatoms. The van der Waals surface area contributed by atoms with Crippen LogP contribution in [0, 0.1) is 18.3 Å². The summed E-state index contributed by atoms with van der Waals surface area (Å²) >= 11 is 6.81. The van der Waals surface area contributed by atoms with Gasteiger partial charge in [0.25, 0.3) is 11.5 Å². The summed E-state index contributed by atoms with van der Waals surface area (Å²) in [6.07, 6.45) is 4.66. The number of anilines is 1. The molecule has 2 aromatic rings. The third-order valence-corrected chi connectivity index (χ3v) is 7.56. The van der Waals surface area contributed by atoms with E-state index in [9.17, 15) is 14.9 Å². The van der Waals surface area contributed by atoms with Crippen LogP contribution in [0.4, 0.5) is 5.82 Å². The molecule has 1 aromatic carbocycles. The monoisotopic (exact) mass is 478 g/mol. The highest BCUT2D eigenvalue weighted by atomic mass is 32.2. The van der Waals surface area contributed by atoms with Crippen LogP contribution in [0.25, 0.3) is 6.08 Å². The molecule has 0 bridgehead atoms. The number of hydrogen-bond acceptors (Lipinski definition) is 6. The lowest BCUT2D eigenvalue weighted by atomic mass is 10.0. The van der Waals surface area contributed by atoms with Crippen LogP contribution in [0.3, 0.4) is 0 Å². The number of nitrogens with zero attached hydrogens (tertiary/aromatic N) is 4. The summed E-state index contributed by atoms with van der Waals surface area (Å²) in [6, 6.07) is 12.1. The van der Waals surface area contributed by atoms with E-state index >= 15 is 0 Å². The third kappa shape index (κ3) is 4.48. The summed E-state index contributed by atoms with van der Waals surface area (Å²) in [5.74, 6) is 0.673. The average molecular weight is 479 g/mol. The van der Waals surface area contributed by atoms with Crippen molar-refractivity contribution in [3.05, 3.63) is 67.8 Å². The number of hydrogen-bond donors (Lipinski definition) is 0. The Labute approximate surface area is 203 Å². The van der Waals surface area contributed by atoms with E-state index in [-0.39, 0.29) is 17.0 Å². The number of amides is 1. The number of carbonyl (C=O) groups is 1. The second-order valence-electron chi connectivity index (χ2n) is 8.16. The Morgan fingerprint density at radius 2 is 1.88 bits per heavy atom. The van der Waals surface area contributed by atoms with E-state index in [1.165, 1.54) is 11.8 Å². The molecule has 0 aliphatic carbocycles. The first kappa shape index (κ1) is 23.3. The molecule has 2 fully saturated rings. The van der Waals surface area contributed by atoms with Crippen molar-refractivity contribution < 1.29 is 4.79 Å². The largest absolute Gasteiger partial charge is 0.357 e. The Morgan fingerprint density at radius 1 is 1.18 bits per heavy atom. The topological polar surface area (TPSA) is 69.3 Å². The van der Waals surface area contributed by atoms with Crippen molar-refractivity contribution >= 4 is 46.1 Å². The van der Waals surface area contributed by atoms with E-state index in [1.54, 1.807) is 16.4 Å². The number of thioether (sulfide) groups is 1. The predicted octanol–water partition coefficient (Wildman–Crippen LogP) is 4.09. The van der Waals surface area contributed by atoms with Gasteiger partial charge in [-0.05, 0) is 50.3 Å². The maximum atomic E-state index is 13.3. The van der Waals surface area contributed by atoms with Gasteiger partial charge in [0.05, 0.1) is 4.91 Å². The molecular weight excluding hydrogens is 452 g/mol. The van der Waals surface area contributed by atoms with Gasteiger partial charge in [0.2, 0.25) is 0 Å². The van der Waals surface area contributed by atoms with Crippen LogP contribution >= 0.6 is 24.0 Å². The van der Waals surface area contributed by atoms with E-state index in [4.69, 9.17) is 12.2 Å². The van der Waals surface area contributed by atoms with Crippen molar-refractivity contribution in [3.63, 3.8) is 0 Å². The summed E-state index contributed by atoms with van der Waals surface area (Å²) in [5, 5.41) is 9.68. The van der Waals surface area contributed by atoms with E-state index in [2.05, 4.69) is 11.0 Å². The van der Waals surface area contributed by atoms with Gasteiger partial charge < -0.3 is 4.90 Å².